The van der Waals surface area contributed by atoms with Gasteiger partial charge in [-0.1, -0.05) is 44.6 Å². The highest BCUT2D eigenvalue weighted by Gasteiger charge is 2.17. The van der Waals surface area contributed by atoms with Gasteiger partial charge in [0.05, 0.1) is 0 Å². The van der Waals surface area contributed by atoms with Gasteiger partial charge in [0, 0.05) is 39.0 Å². The van der Waals surface area contributed by atoms with Crippen LogP contribution in [0.15, 0.2) is 51.4 Å². The van der Waals surface area contributed by atoms with Crippen LogP contribution >= 0.6 is 0 Å². The van der Waals surface area contributed by atoms with Crippen molar-refractivity contribution in [2.24, 2.45) is 23.6 Å². The van der Waals surface area contributed by atoms with E-state index >= 15 is 0 Å². The SMILES string of the molecule is C1CCCCC1.CC(C)=C1N=C(N)C=C(NCc2ccc(=O)n(C)c2)N1N.CO. The third kappa shape index (κ3) is 8.13. The molecule has 0 bridgehead atoms. The fourth-order valence-corrected chi connectivity index (χ4v) is 3.03. The van der Waals surface area contributed by atoms with E-state index in [2.05, 4.69) is 10.3 Å². The van der Waals surface area contributed by atoms with Crippen molar-refractivity contribution in [3.63, 3.8) is 0 Å². The molecule has 0 atom stereocenters. The second-order valence-electron chi connectivity index (χ2n) is 7.22. The number of aliphatic imine (C=N–C) groups is 1. The van der Waals surface area contributed by atoms with E-state index in [0.29, 0.717) is 24.0 Å². The first kappa shape index (κ1) is 24.5. The zero-order valence-corrected chi connectivity index (χ0v) is 18.1. The number of nitrogens with one attached hydrogen (secondary N) is 1. The largest absolute Gasteiger partial charge is 0.400 e. The van der Waals surface area contributed by atoms with Gasteiger partial charge in [0.25, 0.3) is 0 Å². The third-order valence-corrected chi connectivity index (χ3v) is 4.58. The highest BCUT2D eigenvalue weighted by atomic mass is 16.2. The molecule has 0 saturated heterocycles. The zero-order valence-electron chi connectivity index (χ0n) is 18.1. The number of aliphatic hydroxyl groups is 1. The molecular formula is C21H36N6O2. The number of aromatic nitrogens is 1. The number of amidine groups is 1. The molecule has 162 valence electrons. The highest BCUT2D eigenvalue weighted by molar-refractivity contribution is 5.93. The normalized spacial score (nSPS) is 15.8. The lowest BCUT2D eigenvalue weighted by atomic mass is 10.0. The Morgan fingerprint density at radius 1 is 1.14 bits per heavy atom. The van der Waals surface area contributed by atoms with Crippen LogP contribution in [0.1, 0.15) is 57.9 Å². The van der Waals surface area contributed by atoms with Gasteiger partial charge < -0.3 is 20.7 Å². The number of hydrazine groups is 1. The van der Waals surface area contributed by atoms with Crippen molar-refractivity contribution in [3.05, 3.63) is 57.5 Å². The van der Waals surface area contributed by atoms with Gasteiger partial charge in [-0.15, -0.1) is 0 Å². The van der Waals surface area contributed by atoms with Crippen LogP contribution in [-0.4, -0.2) is 27.6 Å². The van der Waals surface area contributed by atoms with Gasteiger partial charge in [0.2, 0.25) is 5.56 Å². The molecule has 0 spiro atoms. The molecule has 0 amide bonds. The quantitative estimate of drug-likeness (QED) is 0.572. The molecule has 8 heteroatoms. The Morgan fingerprint density at radius 3 is 2.17 bits per heavy atom. The Hall–Kier alpha value is -2.58. The molecule has 0 radical (unpaired) electrons. The van der Waals surface area contributed by atoms with Gasteiger partial charge in [-0.3, -0.25) is 4.79 Å². The minimum Gasteiger partial charge on any atom is -0.400 e. The number of pyridine rings is 1. The lowest BCUT2D eigenvalue weighted by Gasteiger charge is -2.27. The number of nitrogens with two attached hydrogens (primary N) is 2. The van der Waals surface area contributed by atoms with Crippen LogP contribution in [0.2, 0.25) is 0 Å². The monoisotopic (exact) mass is 404 g/mol. The molecule has 1 aliphatic carbocycles. The van der Waals surface area contributed by atoms with Gasteiger partial charge >= 0.3 is 0 Å². The summed E-state index contributed by atoms with van der Waals surface area (Å²) in [6, 6.07) is 3.31. The van der Waals surface area contributed by atoms with Gasteiger partial charge in [0.1, 0.15) is 17.5 Å². The lowest BCUT2D eigenvalue weighted by molar-refractivity contribution is 0.396. The van der Waals surface area contributed by atoms with Crippen LogP contribution in [0.5, 0.6) is 0 Å². The van der Waals surface area contributed by atoms with E-state index in [0.717, 1.165) is 18.2 Å². The first-order chi connectivity index (χ1) is 13.9. The maximum absolute atomic E-state index is 11.4. The number of aliphatic hydroxyl groups excluding tert-OH is 1. The minimum absolute atomic E-state index is 0.0423. The van der Waals surface area contributed by atoms with Crippen LogP contribution in [0.3, 0.4) is 0 Å². The van der Waals surface area contributed by atoms with E-state index in [1.165, 1.54) is 54.2 Å². The van der Waals surface area contributed by atoms with E-state index in [-0.39, 0.29) is 5.56 Å². The van der Waals surface area contributed by atoms with Crippen LogP contribution in [0.4, 0.5) is 0 Å². The fourth-order valence-electron chi connectivity index (χ4n) is 3.03. The summed E-state index contributed by atoms with van der Waals surface area (Å²) in [7, 11) is 2.72. The first-order valence-electron chi connectivity index (χ1n) is 10.0. The molecular weight excluding hydrogens is 368 g/mol. The third-order valence-electron chi connectivity index (χ3n) is 4.58. The summed E-state index contributed by atoms with van der Waals surface area (Å²) in [6.07, 6.45) is 12.5. The maximum atomic E-state index is 11.4. The Kier molecular flexibility index (Phi) is 10.8. The van der Waals surface area contributed by atoms with Crippen LogP contribution < -0.4 is 22.5 Å². The van der Waals surface area contributed by atoms with Crippen molar-refractivity contribution in [1.82, 2.24) is 14.9 Å². The second-order valence-corrected chi connectivity index (χ2v) is 7.22. The zero-order chi connectivity index (χ0) is 21.8. The molecule has 1 saturated carbocycles. The maximum Gasteiger partial charge on any atom is 0.250 e. The predicted molar refractivity (Wildman–Crippen MR) is 118 cm³/mol. The number of nitrogens with zero attached hydrogens (tertiary/aromatic N) is 3. The van der Waals surface area contributed by atoms with Crippen molar-refractivity contribution in [2.45, 2.75) is 58.9 Å². The van der Waals surface area contributed by atoms with Crippen LogP contribution in [-0.2, 0) is 13.6 Å². The summed E-state index contributed by atoms with van der Waals surface area (Å²) in [5.41, 5.74) is 7.69. The summed E-state index contributed by atoms with van der Waals surface area (Å²) in [5.74, 6) is 7.71. The fraction of sp³-hybridized carbons (Fsp3) is 0.524. The van der Waals surface area contributed by atoms with Crippen molar-refractivity contribution in [1.29, 1.82) is 0 Å². The number of hydrogen-bond acceptors (Lipinski definition) is 7. The summed E-state index contributed by atoms with van der Waals surface area (Å²) in [4.78, 5) is 15.6. The molecule has 3 rings (SSSR count). The van der Waals surface area contributed by atoms with E-state index < -0.39 is 0 Å². The van der Waals surface area contributed by atoms with E-state index in [4.69, 9.17) is 16.7 Å². The molecule has 29 heavy (non-hydrogen) atoms. The van der Waals surface area contributed by atoms with Gasteiger partial charge in [-0.05, 0) is 25.0 Å². The van der Waals surface area contributed by atoms with Crippen LogP contribution in [0.25, 0.3) is 0 Å². The Labute approximate surface area is 173 Å². The minimum atomic E-state index is -0.0423. The Morgan fingerprint density at radius 2 is 1.69 bits per heavy atom. The highest BCUT2D eigenvalue weighted by Crippen LogP contribution is 2.17. The lowest BCUT2D eigenvalue weighted by Crippen LogP contribution is -2.40. The van der Waals surface area contributed by atoms with Crippen molar-refractivity contribution >= 4 is 5.84 Å². The van der Waals surface area contributed by atoms with Crippen LogP contribution in [0, 0.1) is 0 Å². The standard InChI is InChI=1S/C14H20N6O.C6H12.CH4O/c1-9(2)14-18-11(15)6-12(20(14)16)17-7-10-4-5-13(21)19(3)8-10;1-2-4-6-5-3-1;1-2/h4-6,8,17H,7,16H2,1-3H3,(H2,15,18);1-6H2;2H,1H3. The number of rotatable bonds is 3. The molecule has 1 aromatic heterocycles. The Bertz CT molecular complexity index is 775. The molecule has 6 N–H and O–H groups in total. The van der Waals surface area contributed by atoms with Crippen molar-refractivity contribution in [2.75, 3.05) is 7.11 Å². The average molecular weight is 405 g/mol. The number of hydrogen-bond donors (Lipinski definition) is 4. The van der Waals surface area contributed by atoms with Gasteiger partial charge in [0.15, 0.2) is 0 Å². The second kappa shape index (κ2) is 12.8. The molecule has 1 fully saturated rings. The average Bonchev–Trinajstić information content (AvgIpc) is 2.74. The smallest absolute Gasteiger partial charge is 0.250 e. The molecule has 2 heterocycles. The van der Waals surface area contributed by atoms with Gasteiger partial charge in [-0.25, -0.2) is 15.8 Å². The van der Waals surface area contributed by atoms with Crippen molar-refractivity contribution < 1.29 is 5.11 Å². The molecule has 0 aromatic carbocycles. The summed E-state index contributed by atoms with van der Waals surface area (Å²) in [6.45, 7) is 4.36. The number of aryl methyl sites for hydroxylation is 1. The molecule has 1 aliphatic heterocycles. The molecule has 0 unspecified atom stereocenters. The first-order valence-corrected chi connectivity index (χ1v) is 10.0. The molecule has 1 aromatic rings. The number of allylic oxidation sites excluding steroid dienone is 1. The van der Waals surface area contributed by atoms with E-state index in [1.807, 2.05) is 13.8 Å². The summed E-state index contributed by atoms with van der Waals surface area (Å²) >= 11 is 0. The summed E-state index contributed by atoms with van der Waals surface area (Å²) < 4.78 is 1.53. The predicted octanol–water partition coefficient (Wildman–Crippen LogP) is 2.06. The molecule has 2 aliphatic rings. The van der Waals surface area contributed by atoms with Gasteiger partial charge in [-0.2, -0.15) is 0 Å². The Balaban J connectivity index is 0.000000442. The summed E-state index contributed by atoms with van der Waals surface area (Å²) in [5, 5.41) is 11.7. The molecule has 8 nitrogen and oxygen atoms in total. The van der Waals surface area contributed by atoms with Crippen molar-refractivity contribution in [3.8, 4) is 0 Å². The van der Waals surface area contributed by atoms with E-state index in [1.54, 1.807) is 25.4 Å². The topological polar surface area (TPSA) is 122 Å². The van der Waals surface area contributed by atoms with E-state index in [9.17, 15) is 4.79 Å².